The Kier molecular flexibility index (Phi) is 60.7. The largest absolute Gasteiger partial charge is 0.462 e. The van der Waals surface area contributed by atoms with Crippen molar-refractivity contribution in [2.24, 2.45) is 0 Å². The van der Waals surface area contributed by atoms with Crippen molar-refractivity contribution in [3.05, 3.63) is 48.6 Å². The van der Waals surface area contributed by atoms with Gasteiger partial charge in [0.25, 0.3) is 0 Å². The highest BCUT2D eigenvalue weighted by atomic mass is 16.6. The van der Waals surface area contributed by atoms with E-state index in [-0.39, 0.29) is 31.1 Å². The number of carbonyl (C=O) groups is 3. The van der Waals surface area contributed by atoms with E-state index in [1.807, 2.05) is 0 Å². The van der Waals surface area contributed by atoms with Gasteiger partial charge in [0.05, 0.1) is 0 Å². The Bertz CT molecular complexity index is 1280. The number of allylic oxidation sites excluding steroid dienone is 8. The molecule has 0 amide bonds. The van der Waals surface area contributed by atoms with E-state index in [4.69, 9.17) is 14.2 Å². The maximum absolute atomic E-state index is 12.9. The van der Waals surface area contributed by atoms with E-state index in [1.54, 1.807) is 0 Å². The van der Waals surface area contributed by atoms with Crippen LogP contribution in [0.15, 0.2) is 48.6 Å². The van der Waals surface area contributed by atoms with Crippen LogP contribution in [0.5, 0.6) is 0 Å². The van der Waals surface area contributed by atoms with Gasteiger partial charge in [0.1, 0.15) is 13.2 Å². The molecular formula is C68H124O6. The lowest BCUT2D eigenvalue weighted by Gasteiger charge is -2.18. The lowest BCUT2D eigenvalue weighted by molar-refractivity contribution is -0.167. The molecule has 0 aliphatic carbocycles. The maximum atomic E-state index is 12.9. The number of esters is 3. The molecule has 6 nitrogen and oxygen atoms in total. The minimum Gasteiger partial charge on any atom is -0.462 e. The van der Waals surface area contributed by atoms with Crippen molar-refractivity contribution in [1.29, 1.82) is 0 Å². The summed E-state index contributed by atoms with van der Waals surface area (Å²) in [5, 5.41) is 0. The molecule has 6 heteroatoms. The summed E-state index contributed by atoms with van der Waals surface area (Å²) >= 11 is 0. The normalized spacial score (nSPS) is 12.3. The minimum atomic E-state index is -0.779. The zero-order chi connectivity index (χ0) is 53.6. The number of rotatable bonds is 60. The summed E-state index contributed by atoms with van der Waals surface area (Å²) in [5.41, 5.74) is 0. The molecular weight excluding hydrogens is 913 g/mol. The van der Waals surface area contributed by atoms with E-state index in [9.17, 15) is 14.4 Å². The van der Waals surface area contributed by atoms with E-state index >= 15 is 0 Å². The van der Waals surface area contributed by atoms with Gasteiger partial charge in [-0.3, -0.25) is 14.4 Å². The summed E-state index contributed by atoms with van der Waals surface area (Å²) in [6.07, 6.45) is 78.2. The molecule has 0 aromatic carbocycles. The second-order valence-electron chi connectivity index (χ2n) is 22.0. The summed E-state index contributed by atoms with van der Waals surface area (Å²) < 4.78 is 17.0. The molecule has 0 aliphatic heterocycles. The second-order valence-corrected chi connectivity index (χ2v) is 22.0. The summed E-state index contributed by atoms with van der Waals surface area (Å²) in [4.78, 5) is 38.3. The molecule has 1 atom stereocenters. The van der Waals surface area contributed by atoms with Crippen molar-refractivity contribution in [2.75, 3.05) is 13.2 Å². The monoisotopic (exact) mass is 1040 g/mol. The smallest absolute Gasteiger partial charge is 0.306 e. The quantitative estimate of drug-likeness (QED) is 0.0261. The van der Waals surface area contributed by atoms with Gasteiger partial charge in [-0.25, -0.2) is 0 Å². The number of carbonyl (C=O) groups excluding carboxylic acids is 3. The van der Waals surface area contributed by atoms with Crippen molar-refractivity contribution < 1.29 is 28.6 Å². The van der Waals surface area contributed by atoms with Crippen molar-refractivity contribution in [3.8, 4) is 0 Å². The molecule has 0 rings (SSSR count). The topological polar surface area (TPSA) is 78.9 Å². The highest BCUT2D eigenvalue weighted by Gasteiger charge is 2.19. The molecule has 0 heterocycles. The molecule has 0 spiro atoms. The lowest BCUT2D eigenvalue weighted by atomic mass is 10.0. The van der Waals surface area contributed by atoms with Gasteiger partial charge in [0, 0.05) is 19.3 Å². The molecule has 0 aromatic heterocycles. The van der Waals surface area contributed by atoms with Gasteiger partial charge in [-0.05, 0) is 83.5 Å². The van der Waals surface area contributed by atoms with Crippen LogP contribution in [0.1, 0.15) is 348 Å². The highest BCUT2D eigenvalue weighted by Crippen LogP contribution is 2.17. The Morgan fingerprint density at radius 2 is 0.486 bits per heavy atom. The van der Waals surface area contributed by atoms with Gasteiger partial charge in [0.2, 0.25) is 0 Å². The summed E-state index contributed by atoms with van der Waals surface area (Å²) in [5.74, 6) is -0.870. The first-order valence-corrected chi connectivity index (χ1v) is 32.6. The molecule has 0 aromatic rings. The summed E-state index contributed by atoms with van der Waals surface area (Å²) in [6.45, 7) is 6.67. The van der Waals surface area contributed by atoms with Crippen LogP contribution in [0.4, 0.5) is 0 Å². The summed E-state index contributed by atoms with van der Waals surface area (Å²) in [6, 6.07) is 0. The van der Waals surface area contributed by atoms with Crippen molar-refractivity contribution in [1.82, 2.24) is 0 Å². The molecule has 1 unspecified atom stereocenters. The summed E-state index contributed by atoms with van der Waals surface area (Å²) in [7, 11) is 0. The second kappa shape index (κ2) is 62.9. The number of hydrogen-bond acceptors (Lipinski definition) is 6. The van der Waals surface area contributed by atoms with Crippen LogP contribution in [0, 0.1) is 0 Å². The molecule has 0 bridgehead atoms. The molecule has 0 aliphatic rings. The third kappa shape index (κ3) is 60.2. The zero-order valence-corrected chi connectivity index (χ0v) is 49.6. The average molecular weight is 1040 g/mol. The maximum Gasteiger partial charge on any atom is 0.306 e. The molecule has 74 heavy (non-hydrogen) atoms. The lowest BCUT2D eigenvalue weighted by Crippen LogP contribution is -2.30. The molecule has 0 saturated heterocycles. The Balaban J connectivity index is 4.37. The van der Waals surface area contributed by atoms with Crippen molar-refractivity contribution in [2.45, 2.75) is 354 Å². The van der Waals surface area contributed by atoms with E-state index in [2.05, 4.69) is 69.4 Å². The number of hydrogen-bond donors (Lipinski definition) is 0. The number of unbranched alkanes of at least 4 members (excludes halogenated alkanes) is 41. The van der Waals surface area contributed by atoms with Gasteiger partial charge < -0.3 is 14.2 Å². The van der Waals surface area contributed by atoms with Crippen molar-refractivity contribution >= 4 is 17.9 Å². The Hall–Kier alpha value is -2.63. The Morgan fingerprint density at radius 1 is 0.270 bits per heavy atom. The molecule has 0 N–H and O–H groups in total. The fourth-order valence-corrected chi connectivity index (χ4v) is 9.62. The van der Waals surface area contributed by atoms with Crippen LogP contribution in [0.25, 0.3) is 0 Å². The third-order valence-corrected chi connectivity index (χ3v) is 14.6. The fraction of sp³-hybridized carbons (Fsp3) is 0.838. The van der Waals surface area contributed by atoms with Gasteiger partial charge >= 0.3 is 17.9 Å². The van der Waals surface area contributed by atoms with Crippen LogP contribution in [0.2, 0.25) is 0 Å². The zero-order valence-electron chi connectivity index (χ0n) is 49.6. The highest BCUT2D eigenvalue weighted by molar-refractivity contribution is 5.71. The van der Waals surface area contributed by atoms with Gasteiger partial charge in [-0.15, -0.1) is 0 Å². The molecule has 0 fully saturated rings. The van der Waals surface area contributed by atoms with E-state index < -0.39 is 6.10 Å². The molecule has 432 valence electrons. The van der Waals surface area contributed by atoms with Crippen LogP contribution in [0.3, 0.4) is 0 Å². The van der Waals surface area contributed by atoms with E-state index in [0.717, 1.165) is 77.0 Å². The Labute approximate surface area is 460 Å². The average Bonchev–Trinajstić information content (AvgIpc) is 3.40. The number of ether oxygens (including phenoxy) is 3. The SMILES string of the molecule is CCCCCCC/C=C\C/C=C\C/C=C\CCCCCCCCC(=O)OCC(COC(=O)CCCCCCCCC/C=C\CCCCCCCC)OC(=O)CCCCCCCCCCCCCCCCCCCC. The van der Waals surface area contributed by atoms with Crippen LogP contribution < -0.4 is 0 Å². The van der Waals surface area contributed by atoms with Crippen LogP contribution >= 0.6 is 0 Å². The van der Waals surface area contributed by atoms with Gasteiger partial charge in [-0.1, -0.05) is 294 Å². The Morgan fingerprint density at radius 3 is 0.770 bits per heavy atom. The minimum absolute atomic E-state index is 0.0762. The van der Waals surface area contributed by atoms with Gasteiger partial charge in [-0.2, -0.15) is 0 Å². The van der Waals surface area contributed by atoms with E-state index in [0.29, 0.717) is 19.3 Å². The first kappa shape index (κ1) is 71.4. The third-order valence-electron chi connectivity index (χ3n) is 14.6. The van der Waals surface area contributed by atoms with E-state index in [1.165, 1.54) is 231 Å². The van der Waals surface area contributed by atoms with Crippen LogP contribution in [-0.2, 0) is 28.6 Å². The van der Waals surface area contributed by atoms with Crippen LogP contribution in [-0.4, -0.2) is 37.2 Å². The molecule has 0 radical (unpaired) electrons. The first-order chi connectivity index (χ1) is 36.5. The molecule has 0 saturated carbocycles. The van der Waals surface area contributed by atoms with Gasteiger partial charge in [0.15, 0.2) is 6.10 Å². The predicted molar refractivity (Wildman–Crippen MR) is 321 cm³/mol. The predicted octanol–water partition coefficient (Wildman–Crippen LogP) is 22.2. The fourth-order valence-electron chi connectivity index (χ4n) is 9.62. The standard InChI is InChI=1S/C68H124O6/c1-4-7-10-13-16-19-22-25-28-31-33-34-35-38-40-43-46-49-52-55-58-61-67(70)73-64-65(63-72-66(69)60-57-54-51-48-45-42-39-36-30-27-24-21-18-15-12-9-6-3)74-68(71)62-59-56-53-50-47-44-41-37-32-29-26-23-20-17-14-11-8-5-2/h22,25,27,30-31,33,35,38,65H,4-21,23-24,26,28-29,32,34,36-37,39-64H2,1-3H3/b25-22-,30-27-,33-31-,38-35-. The van der Waals surface area contributed by atoms with Crippen molar-refractivity contribution in [3.63, 3.8) is 0 Å². The first-order valence-electron chi connectivity index (χ1n) is 32.6.